The zero-order valence-electron chi connectivity index (χ0n) is 17.3. The van der Waals surface area contributed by atoms with Gasteiger partial charge in [-0.1, -0.05) is 24.3 Å². The Labute approximate surface area is 186 Å². The van der Waals surface area contributed by atoms with Crippen LogP contribution in [0.25, 0.3) is 15.9 Å². The van der Waals surface area contributed by atoms with Crippen LogP contribution < -0.4 is 16.6 Å². The van der Waals surface area contributed by atoms with E-state index >= 15 is 0 Å². The number of aryl methyl sites for hydroxylation is 2. The molecule has 0 saturated heterocycles. The van der Waals surface area contributed by atoms with E-state index in [0.717, 1.165) is 23.0 Å². The van der Waals surface area contributed by atoms with E-state index < -0.39 is 17.1 Å². The van der Waals surface area contributed by atoms with Gasteiger partial charge in [0.2, 0.25) is 5.91 Å². The van der Waals surface area contributed by atoms with Crippen LogP contribution in [0.3, 0.4) is 0 Å². The minimum Gasteiger partial charge on any atom is -0.348 e. The number of amides is 1. The molecule has 1 aliphatic rings. The summed E-state index contributed by atoms with van der Waals surface area (Å²) in [6.07, 6.45) is 1.70. The van der Waals surface area contributed by atoms with Gasteiger partial charge in [-0.05, 0) is 66.1 Å². The summed E-state index contributed by atoms with van der Waals surface area (Å²) in [5.41, 5.74) is 2.39. The summed E-state index contributed by atoms with van der Waals surface area (Å²) in [6, 6.07) is 13.5. The van der Waals surface area contributed by atoms with Crippen LogP contribution in [-0.2, 0) is 17.8 Å². The van der Waals surface area contributed by atoms with Gasteiger partial charge in [-0.25, -0.2) is 13.8 Å². The van der Waals surface area contributed by atoms with Crippen LogP contribution in [0.5, 0.6) is 0 Å². The van der Waals surface area contributed by atoms with Gasteiger partial charge in [-0.2, -0.15) is 0 Å². The van der Waals surface area contributed by atoms with Gasteiger partial charge < -0.3 is 5.32 Å². The molecule has 0 saturated carbocycles. The standard InChI is InChI=1S/C24H20FN3O3S/c1-14-12-16(25)7-9-19(14)28-23(30)22-20(10-11-32-22)27(24(28)31)13-21(29)26-18-8-6-15-4-2-3-5-17(15)18/h2-5,7,9-12,18H,6,8,13H2,1H3,(H,26,29). The van der Waals surface area contributed by atoms with Gasteiger partial charge in [0.05, 0.1) is 17.2 Å². The molecule has 1 N–H and O–H groups in total. The van der Waals surface area contributed by atoms with Crippen LogP contribution in [-0.4, -0.2) is 15.0 Å². The maximum absolute atomic E-state index is 13.6. The summed E-state index contributed by atoms with van der Waals surface area (Å²) in [5.74, 6) is -0.754. The van der Waals surface area contributed by atoms with E-state index in [0.29, 0.717) is 21.5 Å². The number of benzene rings is 2. The van der Waals surface area contributed by atoms with Gasteiger partial charge in [0, 0.05) is 0 Å². The Balaban J connectivity index is 1.55. The molecular formula is C24H20FN3O3S. The second-order valence-electron chi connectivity index (χ2n) is 7.93. The van der Waals surface area contributed by atoms with Crippen molar-refractivity contribution in [3.05, 3.63) is 97.3 Å². The molecule has 4 aromatic rings. The molecule has 0 spiro atoms. The molecule has 8 heteroatoms. The van der Waals surface area contributed by atoms with E-state index in [2.05, 4.69) is 11.4 Å². The van der Waals surface area contributed by atoms with Crippen LogP contribution in [0.4, 0.5) is 4.39 Å². The molecule has 2 aromatic carbocycles. The van der Waals surface area contributed by atoms with Crippen molar-refractivity contribution >= 4 is 27.5 Å². The predicted octanol–water partition coefficient (Wildman–Crippen LogP) is 3.47. The average molecular weight is 450 g/mol. The summed E-state index contributed by atoms with van der Waals surface area (Å²) >= 11 is 1.21. The maximum atomic E-state index is 13.6. The van der Waals surface area contributed by atoms with E-state index in [1.54, 1.807) is 18.4 Å². The van der Waals surface area contributed by atoms with Crippen molar-refractivity contribution < 1.29 is 9.18 Å². The summed E-state index contributed by atoms with van der Waals surface area (Å²) in [6.45, 7) is 1.42. The number of rotatable bonds is 4. The molecule has 1 atom stereocenters. The monoisotopic (exact) mass is 449 g/mol. The maximum Gasteiger partial charge on any atom is 0.336 e. The molecule has 162 valence electrons. The molecule has 1 aliphatic carbocycles. The van der Waals surface area contributed by atoms with Gasteiger partial charge in [-0.15, -0.1) is 11.3 Å². The summed E-state index contributed by atoms with van der Waals surface area (Å²) in [4.78, 5) is 39.4. The first-order valence-electron chi connectivity index (χ1n) is 10.3. The topological polar surface area (TPSA) is 73.1 Å². The van der Waals surface area contributed by atoms with Crippen molar-refractivity contribution in [1.29, 1.82) is 0 Å². The number of nitrogens with zero attached hydrogens (tertiary/aromatic N) is 2. The highest BCUT2D eigenvalue weighted by Gasteiger charge is 2.24. The first-order valence-corrected chi connectivity index (χ1v) is 11.2. The lowest BCUT2D eigenvalue weighted by atomic mass is 10.1. The predicted molar refractivity (Wildman–Crippen MR) is 122 cm³/mol. The van der Waals surface area contributed by atoms with E-state index in [1.165, 1.54) is 39.7 Å². The molecule has 0 radical (unpaired) electrons. The van der Waals surface area contributed by atoms with Gasteiger partial charge in [0.25, 0.3) is 5.56 Å². The molecule has 5 rings (SSSR count). The smallest absolute Gasteiger partial charge is 0.336 e. The lowest BCUT2D eigenvalue weighted by Gasteiger charge is -2.17. The van der Waals surface area contributed by atoms with E-state index in [1.807, 2.05) is 18.2 Å². The molecule has 0 aliphatic heterocycles. The lowest BCUT2D eigenvalue weighted by Crippen LogP contribution is -2.42. The van der Waals surface area contributed by atoms with E-state index in [9.17, 15) is 18.8 Å². The minimum absolute atomic E-state index is 0.0994. The van der Waals surface area contributed by atoms with Crippen LogP contribution in [0.1, 0.15) is 29.2 Å². The highest BCUT2D eigenvalue weighted by Crippen LogP contribution is 2.30. The molecule has 2 aromatic heterocycles. The van der Waals surface area contributed by atoms with Crippen molar-refractivity contribution in [3.8, 4) is 5.69 Å². The van der Waals surface area contributed by atoms with Gasteiger partial charge in [0.1, 0.15) is 17.1 Å². The fraction of sp³-hybridized carbons (Fsp3) is 0.208. The number of thiophene rings is 1. The Kier molecular flexibility index (Phi) is 5.01. The van der Waals surface area contributed by atoms with Crippen molar-refractivity contribution in [3.63, 3.8) is 0 Å². The second-order valence-corrected chi connectivity index (χ2v) is 8.85. The van der Waals surface area contributed by atoms with Crippen molar-refractivity contribution in [2.45, 2.75) is 32.4 Å². The Morgan fingerprint density at radius 1 is 1.19 bits per heavy atom. The van der Waals surface area contributed by atoms with Gasteiger partial charge >= 0.3 is 5.69 Å². The first kappa shape index (κ1) is 20.4. The number of carbonyl (C=O) groups excluding carboxylic acids is 1. The number of halogens is 1. The number of fused-ring (bicyclic) bond motifs is 2. The fourth-order valence-electron chi connectivity index (χ4n) is 4.41. The Morgan fingerprint density at radius 3 is 2.81 bits per heavy atom. The highest BCUT2D eigenvalue weighted by atomic mass is 32.1. The zero-order chi connectivity index (χ0) is 22.4. The molecule has 1 amide bonds. The zero-order valence-corrected chi connectivity index (χ0v) is 18.1. The minimum atomic E-state index is -0.627. The molecule has 0 bridgehead atoms. The van der Waals surface area contributed by atoms with Crippen molar-refractivity contribution in [2.75, 3.05) is 0 Å². The molecule has 1 unspecified atom stereocenters. The highest BCUT2D eigenvalue weighted by molar-refractivity contribution is 7.17. The number of hydrogen-bond donors (Lipinski definition) is 1. The van der Waals surface area contributed by atoms with Crippen LogP contribution >= 0.6 is 11.3 Å². The van der Waals surface area contributed by atoms with Crippen LogP contribution in [0.2, 0.25) is 0 Å². The third-order valence-corrected chi connectivity index (χ3v) is 6.82. The Bertz CT molecular complexity index is 1480. The quantitative estimate of drug-likeness (QED) is 0.519. The fourth-order valence-corrected chi connectivity index (χ4v) is 5.24. The van der Waals surface area contributed by atoms with Crippen molar-refractivity contribution in [1.82, 2.24) is 14.5 Å². The second kappa shape index (κ2) is 7.87. The molecule has 0 fully saturated rings. The van der Waals surface area contributed by atoms with E-state index in [4.69, 9.17) is 0 Å². The van der Waals surface area contributed by atoms with E-state index in [-0.39, 0.29) is 18.5 Å². The summed E-state index contributed by atoms with van der Waals surface area (Å²) < 4.78 is 16.3. The van der Waals surface area contributed by atoms with Crippen molar-refractivity contribution in [2.24, 2.45) is 0 Å². The lowest BCUT2D eigenvalue weighted by molar-refractivity contribution is -0.122. The normalized spacial score (nSPS) is 15.1. The number of hydrogen-bond acceptors (Lipinski definition) is 4. The van der Waals surface area contributed by atoms with Crippen LogP contribution in [0.15, 0.2) is 63.5 Å². The largest absolute Gasteiger partial charge is 0.348 e. The number of aromatic nitrogens is 2. The molecule has 32 heavy (non-hydrogen) atoms. The first-order chi connectivity index (χ1) is 15.4. The van der Waals surface area contributed by atoms with Crippen LogP contribution in [0, 0.1) is 12.7 Å². The average Bonchev–Trinajstić information content (AvgIpc) is 3.41. The SMILES string of the molecule is Cc1cc(F)ccc1-n1c(=O)c2sccc2n(CC(=O)NC2CCc3ccccc32)c1=O. The molecular weight excluding hydrogens is 429 g/mol. The number of carbonyl (C=O) groups is 1. The molecule has 6 nitrogen and oxygen atoms in total. The Hall–Kier alpha value is -3.52. The third kappa shape index (κ3) is 3.36. The summed E-state index contributed by atoms with van der Waals surface area (Å²) in [7, 11) is 0. The number of nitrogens with one attached hydrogen (secondary N) is 1. The van der Waals surface area contributed by atoms with Gasteiger partial charge in [0.15, 0.2) is 0 Å². The third-order valence-electron chi connectivity index (χ3n) is 5.92. The molecule has 2 heterocycles. The summed E-state index contributed by atoms with van der Waals surface area (Å²) in [5, 5.41) is 4.75. The van der Waals surface area contributed by atoms with Gasteiger partial charge in [-0.3, -0.25) is 14.2 Å². The Morgan fingerprint density at radius 2 is 2.00 bits per heavy atom.